The van der Waals surface area contributed by atoms with E-state index < -0.39 is 0 Å². The summed E-state index contributed by atoms with van der Waals surface area (Å²) in [5.41, 5.74) is 1.72. The van der Waals surface area contributed by atoms with Crippen molar-refractivity contribution >= 4 is 5.91 Å². The molecule has 2 aromatic carbocycles. The molecule has 0 aliphatic heterocycles. The molecule has 0 aliphatic rings. The number of benzene rings is 2. The van der Waals surface area contributed by atoms with Gasteiger partial charge in [-0.05, 0) is 48.4 Å². The first-order valence-electron chi connectivity index (χ1n) is 9.59. The minimum absolute atomic E-state index is 0.135. The van der Waals surface area contributed by atoms with Crippen molar-refractivity contribution in [2.75, 3.05) is 20.8 Å². The molecule has 0 spiro atoms. The van der Waals surface area contributed by atoms with Crippen LogP contribution in [-0.2, 0) is 17.6 Å². The van der Waals surface area contributed by atoms with Crippen LogP contribution in [0.1, 0.15) is 17.7 Å². The van der Waals surface area contributed by atoms with E-state index in [1.165, 1.54) is 0 Å². The summed E-state index contributed by atoms with van der Waals surface area (Å²) in [6, 6.07) is 14.8. The SMILES string of the molecule is COc1ccc(CCNC(=O)CCc2nnc(-c3ccc(OC)cc3)[nH]c2=O)cc1. The van der Waals surface area contributed by atoms with Crippen molar-refractivity contribution in [3.8, 4) is 22.9 Å². The van der Waals surface area contributed by atoms with Gasteiger partial charge in [-0.1, -0.05) is 12.1 Å². The van der Waals surface area contributed by atoms with E-state index in [0.717, 1.165) is 16.9 Å². The highest BCUT2D eigenvalue weighted by atomic mass is 16.5. The molecule has 0 atom stereocenters. The van der Waals surface area contributed by atoms with Gasteiger partial charge in [0.15, 0.2) is 5.82 Å². The lowest BCUT2D eigenvalue weighted by atomic mass is 10.1. The zero-order valence-corrected chi connectivity index (χ0v) is 17.0. The number of rotatable bonds is 9. The van der Waals surface area contributed by atoms with E-state index in [1.807, 2.05) is 24.3 Å². The molecule has 1 aromatic heterocycles. The molecular weight excluding hydrogens is 384 g/mol. The first-order chi connectivity index (χ1) is 14.6. The van der Waals surface area contributed by atoms with Crippen molar-refractivity contribution < 1.29 is 14.3 Å². The van der Waals surface area contributed by atoms with Crippen LogP contribution in [0.5, 0.6) is 11.5 Å². The molecule has 0 radical (unpaired) electrons. The van der Waals surface area contributed by atoms with Crippen LogP contribution in [-0.4, -0.2) is 41.9 Å². The Morgan fingerprint density at radius 2 is 1.57 bits per heavy atom. The van der Waals surface area contributed by atoms with Gasteiger partial charge in [0.2, 0.25) is 5.91 Å². The monoisotopic (exact) mass is 408 g/mol. The van der Waals surface area contributed by atoms with Crippen LogP contribution < -0.4 is 20.3 Å². The zero-order valence-electron chi connectivity index (χ0n) is 17.0. The molecule has 0 aliphatic carbocycles. The summed E-state index contributed by atoms with van der Waals surface area (Å²) in [5.74, 6) is 1.75. The van der Waals surface area contributed by atoms with Gasteiger partial charge < -0.3 is 19.8 Å². The fourth-order valence-corrected chi connectivity index (χ4v) is 2.86. The van der Waals surface area contributed by atoms with Crippen LogP contribution in [0.2, 0.25) is 0 Å². The van der Waals surface area contributed by atoms with Crippen LogP contribution in [0.15, 0.2) is 53.3 Å². The number of hydrogen-bond acceptors (Lipinski definition) is 6. The Bertz CT molecular complexity index is 1030. The fraction of sp³-hybridized carbons (Fsp3) is 0.273. The smallest absolute Gasteiger partial charge is 0.273 e. The highest BCUT2D eigenvalue weighted by molar-refractivity contribution is 5.76. The second kappa shape index (κ2) is 10.2. The van der Waals surface area contributed by atoms with Crippen molar-refractivity contribution in [2.45, 2.75) is 19.3 Å². The zero-order chi connectivity index (χ0) is 21.3. The quantitative estimate of drug-likeness (QED) is 0.562. The third-order valence-corrected chi connectivity index (χ3v) is 4.61. The molecular formula is C22H24N4O4. The molecule has 0 fully saturated rings. The first-order valence-corrected chi connectivity index (χ1v) is 9.59. The summed E-state index contributed by atoms with van der Waals surface area (Å²) in [7, 11) is 3.21. The number of H-pyrrole nitrogens is 1. The lowest BCUT2D eigenvalue weighted by Gasteiger charge is -2.06. The minimum atomic E-state index is -0.346. The van der Waals surface area contributed by atoms with Gasteiger partial charge in [-0.2, -0.15) is 0 Å². The molecule has 1 amide bonds. The third-order valence-electron chi connectivity index (χ3n) is 4.61. The van der Waals surface area contributed by atoms with E-state index >= 15 is 0 Å². The van der Waals surface area contributed by atoms with E-state index in [2.05, 4.69) is 20.5 Å². The summed E-state index contributed by atoms with van der Waals surface area (Å²) < 4.78 is 10.2. The minimum Gasteiger partial charge on any atom is -0.497 e. The Morgan fingerprint density at radius 3 is 2.17 bits per heavy atom. The van der Waals surface area contributed by atoms with E-state index in [4.69, 9.17) is 9.47 Å². The van der Waals surface area contributed by atoms with Gasteiger partial charge in [0.1, 0.15) is 17.2 Å². The van der Waals surface area contributed by atoms with E-state index in [-0.39, 0.29) is 30.0 Å². The maximum atomic E-state index is 12.3. The van der Waals surface area contributed by atoms with Crippen LogP contribution in [0.4, 0.5) is 0 Å². The normalized spacial score (nSPS) is 10.5. The number of amides is 1. The highest BCUT2D eigenvalue weighted by Gasteiger charge is 2.09. The van der Waals surface area contributed by atoms with Crippen LogP contribution in [0, 0.1) is 0 Å². The number of aromatic amines is 1. The molecule has 3 rings (SSSR count). The van der Waals surface area contributed by atoms with Crippen molar-refractivity contribution in [1.82, 2.24) is 20.5 Å². The Hall–Kier alpha value is -3.68. The Kier molecular flexibility index (Phi) is 7.15. The van der Waals surface area contributed by atoms with Gasteiger partial charge in [0, 0.05) is 24.9 Å². The highest BCUT2D eigenvalue weighted by Crippen LogP contribution is 2.17. The molecule has 0 unspecified atom stereocenters. The third kappa shape index (κ3) is 5.66. The number of carbonyl (C=O) groups excluding carboxylic acids is 1. The summed E-state index contributed by atoms with van der Waals surface area (Å²) in [6.45, 7) is 0.517. The van der Waals surface area contributed by atoms with Crippen molar-refractivity contribution in [1.29, 1.82) is 0 Å². The molecule has 3 aromatic rings. The van der Waals surface area contributed by atoms with Crippen LogP contribution in [0.3, 0.4) is 0 Å². The maximum absolute atomic E-state index is 12.3. The summed E-state index contributed by atoms with van der Waals surface area (Å²) in [5, 5.41) is 10.9. The van der Waals surface area contributed by atoms with E-state index in [9.17, 15) is 9.59 Å². The average Bonchev–Trinajstić information content (AvgIpc) is 2.78. The van der Waals surface area contributed by atoms with E-state index in [1.54, 1.807) is 38.5 Å². The topological polar surface area (TPSA) is 106 Å². The molecule has 2 N–H and O–H groups in total. The van der Waals surface area contributed by atoms with Gasteiger partial charge >= 0.3 is 0 Å². The Labute approximate surface area is 174 Å². The molecule has 8 heteroatoms. The number of aryl methyl sites for hydroxylation is 1. The van der Waals surface area contributed by atoms with Crippen LogP contribution >= 0.6 is 0 Å². The predicted molar refractivity (Wildman–Crippen MR) is 113 cm³/mol. The standard InChI is InChI=1S/C22H24N4O4/c1-29-17-7-3-15(4-8-17)13-14-23-20(27)12-11-19-22(28)24-21(26-25-19)16-5-9-18(30-2)10-6-16/h3-10H,11-14H2,1-2H3,(H,23,27)(H,24,26,28). The lowest BCUT2D eigenvalue weighted by molar-refractivity contribution is -0.121. The number of methoxy groups -OCH3 is 2. The van der Waals surface area contributed by atoms with Gasteiger partial charge in [0.25, 0.3) is 5.56 Å². The molecule has 1 heterocycles. The lowest BCUT2D eigenvalue weighted by Crippen LogP contribution is -2.27. The molecule has 0 saturated heterocycles. The molecule has 0 bridgehead atoms. The van der Waals surface area contributed by atoms with Gasteiger partial charge in [-0.3, -0.25) is 9.59 Å². The number of nitrogens with one attached hydrogen (secondary N) is 2. The summed E-state index contributed by atoms with van der Waals surface area (Å²) in [4.78, 5) is 27.1. The molecule has 30 heavy (non-hydrogen) atoms. The largest absolute Gasteiger partial charge is 0.497 e. The fourth-order valence-electron chi connectivity index (χ4n) is 2.86. The second-order valence-electron chi connectivity index (χ2n) is 6.63. The first kappa shape index (κ1) is 21.0. The Morgan fingerprint density at radius 1 is 0.933 bits per heavy atom. The summed E-state index contributed by atoms with van der Waals surface area (Å²) >= 11 is 0. The molecule has 8 nitrogen and oxygen atoms in total. The Balaban J connectivity index is 1.48. The van der Waals surface area contributed by atoms with Gasteiger partial charge in [-0.15, -0.1) is 10.2 Å². The van der Waals surface area contributed by atoms with Crippen molar-refractivity contribution in [2.24, 2.45) is 0 Å². The predicted octanol–water partition coefficient (Wildman–Crippen LogP) is 2.14. The second-order valence-corrected chi connectivity index (χ2v) is 6.63. The number of hydrogen-bond donors (Lipinski definition) is 2. The number of ether oxygens (including phenoxy) is 2. The maximum Gasteiger partial charge on any atom is 0.273 e. The van der Waals surface area contributed by atoms with E-state index in [0.29, 0.717) is 24.5 Å². The average molecular weight is 408 g/mol. The van der Waals surface area contributed by atoms with Crippen molar-refractivity contribution in [3.63, 3.8) is 0 Å². The number of nitrogens with zero attached hydrogens (tertiary/aromatic N) is 2. The van der Waals surface area contributed by atoms with Crippen molar-refractivity contribution in [3.05, 3.63) is 70.1 Å². The summed E-state index contributed by atoms with van der Waals surface area (Å²) in [6.07, 6.45) is 1.11. The van der Waals surface area contributed by atoms with Gasteiger partial charge in [-0.25, -0.2) is 0 Å². The molecule has 0 saturated carbocycles. The molecule has 156 valence electrons. The van der Waals surface area contributed by atoms with Gasteiger partial charge in [0.05, 0.1) is 14.2 Å². The van der Waals surface area contributed by atoms with Crippen LogP contribution in [0.25, 0.3) is 11.4 Å². The number of carbonyl (C=O) groups is 1. The number of aromatic nitrogens is 3.